The molecule has 0 atom stereocenters. The van der Waals surface area contributed by atoms with Crippen LogP contribution in [0.2, 0.25) is 0 Å². The standard InChI is InChI=1S/C19H19F2NO2/c20-18(21)17-11-9-15(10-12-17)6-4-5-13-22-19(23)24-14-16-7-2-1-3-8-16/h1-4,6-12,18H,5,13-14H2,(H,22,23). The molecule has 2 aromatic rings. The summed E-state index contributed by atoms with van der Waals surface area (Å²) in [5, 5.41) is 2.65. The van der Waals surface area contributed by atoms with Crippen molar-refractivity contribution in [1.82, 2.24) is 5.32 Å². The molecule has 0 saturated heterocycles. The van der Waals surface area contributed by atoms with Crippen LogP contribution in [0.3, 0.4) is 0 Å². The molecule has 0 aromatic heterocycles. The molecular weight excluding hydrogens is 312 g/mol. The molecule has 3 nitrogen and oxygen atoms in total. The number of alkyl carbamates (subject to hydrolysis) is 1. The van der Waals surface area contributed by atoms with Crippen molar-refractivity contribution >= 4 is 12.2 Å². The lowest BCUT2D eigenvalue weighted by Crippen LogP contribution is -2.24. The number of halogens is 2. The van der Waals surface area contributed by atoms with Crippen LogP contribution in [0.15, 0.2) is 60.7 Å². The van der Waals surface area contributed by atoms with Crippen LogP contribution in [0.4, 0.5) is 13.6 Å². The normalized spacial score (nSPS) is 11.0. The summed E-state index contributed by atoms with van der Waals surface area (Å²) in [6.07, 6.45) is 1.40. The van der Waals surface area contributed by atoms with Gasteiger partial charge in [0.05, 0.1) is 0 Å². The van der Waals surface area contributed by atoms with E-state index in [0.29, 0.717) is 13.0 Å². The van der Waals surface area contributed by atoms with E-state index >= 15 is 0 Å². The Balaban J connectivity index is 1.64. The van der Waals surface area contributed by atoms with Crippen LogP contribution in [0.25, 0.3) is 6.08 Å². The number of ether oxygens (including phenoxy) is 1. The number of carbonyl (C=O) groups is 1. The SMILES string of the molecule is O=C(NCCC=Cc1ccc(C(F)F)cc1)OCc1ccccc1. The van der Waals surface area contributed by atoms with Gasteiger partial charge >= 0.3 is 6.09 Å². The second-order valence-electron chi connectivity index (χ2n) is 5.15. The summed E-state index contributed by atoms with van der Waals surface area (Å²) in [5.41, 5.74) is 1.78. The monoisotopic (exact) mass is 331 g/mol. The van der Waals surface area contributed by atoms with Gasteiger partial charge in [-0.05, 0) is 17.5 Å². The van der Waals surface area contributed by atoms with E-state index in [-0.39, 0.29) is 12.2 Å². The molecule has 1 N–H and O–H groups in total. The van der Waals surface area contributed by atoms with Crippen molar-refractivity contribution in [3.8, 4) is 0 Å². The van der Waals surface area contributed by atoms with Gasteiger partial charge in [0.2, 0.25) is 0 Å². The zero-order valence-corrected chi connectivity index (χ0v) is 13.1. The number of hydrogen-bond donors (Lipinski definition) is 1. The second kappa shape index (κ2) is 9.45. The highest BCUT2D eigenvalue weighted by Crippen LogP contribution is 2.19. The van der Waals surface area contributed by atoms with Crippen LogP contribution in [0.5, 0.6) is 0 Å². The molecule has 1 amide bonds. The fourth-order valence-electron chi connectivity index (χ4n) is 2.00. The van der Waals surface area contributed by atoms with Gasteiger partial charge in [-0.25, -0.2) is 13.6 Å². The number of hydrogen-bond acceptors (Lipinski definition) is 2. The highest BCUT2D eigenvalue weighted by atomic mass is 19.3. The molecule has 126 valence electrons. The number of carbonyl (C=O) groups excluding carboxylic acids is 1. The van der Waals surface area contributed by atoms with Crippen molar-refractivity contribution < 1.29 is 18.3 Å². The number of benzene rings is 2. The lowest BCUT2D eigenvalue weighted by molar-refractivity contribution is 0.140. The van der Waals surface area contributed by atoms with Crippen LogP contribution in [-0.2, 0) is 11.3 Å². The molecule has 2 rings (SSSR count). The largest absolute Gasteiger partial charge is 0.445 e. The molecule has 0 heterocycles. The van der Waals surface area contributed by atoms with E-state index in [1.807, 2.05) is 42.5 Å². The maximum absolute atomic E-state index is 12.4. The van der Waals surface area contributed by atoms with Gasteiger partial charge in [-0.15, -0.1) is 0 Å². The van der Waals surface area contributed by atoms with Gasteiger partial charge in [0.25, 0.3) is 6.43 Å². The summed E-state index contributed by atoms with van der Waals surface area (Å²) < 4.78 is 29.9. The minimum Gasteiger partial charge on any atom is -0.445 e. The van der Waals surface area contributed by atoms with Crippen molar-refractivity contribution in [3.63, 3.8) is 0 Å². The molecule has 0 fully saturated rings. The van der Waals surface area contributed by atoms with Gasteiger partial charge < -0.3 is 10.1 Å². The quantitative estimate of drug-likeness (QED) is 0.729. The van der Waals surface area contributed by atoms with E-state index in [1.54, 1.807) is 12.1 Å². The molecular formula is C19H19F2NO2. The average Bonchev–Trinajstić information content (AvgIpc) is 2.61. The summed E-state index contributed by atoms with van der Waals surface area (Å²) in [6.45, 7) is 0.679. The Labute approximate surface area is 140 Å². The number of alkyl halides is 2. The molecule has 0 aliphatic carbocycles. The van der Waals surface area contributed by atoms with Crippen LogP contribution in [0, 0.1) is 0 Å². The van der Waals surface area contributed by atoms with Crippen LogP contribution in [0.1, 0.15) is 29.5 Å². The molecule has 0 aliphatic rings. The van der Waals surface area contributed by atoms with E-state index in [4.69, 9.17) is 4.74 Å². The summed E-state index contributed by atoms with van der Waals surface area (Å²) >= 11 is 0. The minimum absolute atomic E-state index is 0.00924. The van der Waals surface area contributed by atoms with Crippen LogP contribution in [-0.4, -0.2) is 12.6 Å². The number of rotatable bonds is 7. The van der Waals surface area contributed by atoms with E-state index in [2.05, 4.69) is 5.32 Å². The van der Waals surface area contributed by atoms with Crippen LogP contribution >= 0.6 is 0 Å². The predicted molar refractivity (Wildman–Crippen MR) is 89.7 cm³/mol. The molecule has 0 unspecified atom stereocenters. The van der Waals surface area contributed by atoms with Crippen molar-refractivity contribution in [3.05, 3.63) is 77.4 Å². The summed E-state index contributed by atoms with van der Waals surface area (Å²) in [7, 11) is 0. The first-order chi connectivity index (χ1) is 11.6. The molecule has 0 bridgehead atoms. The average molecular weight is 331 g/mol. The first-order valence-corrected chi connectivity index (χ1v) is 7.64. The maximum Gasteiger partial charge on any atom is 0.407 e. The highest BCUT2D eigenvalue weighted by Gasteiger charge is 2.04. The minimum atomic E-state index is -2.45. The smallest absolute Gasteiger partial charge is 0.407 e. The van der Waals surface area contributed by atoms with Gasteiger partial charge in [0.15, 0.2) is 0 Å². The van der Waals surface area contributed by atoms with Crippen molar-refractivity contribution in [1.29, 1.82) is 0 Å². The zero-order chi connectivity index (χ0) is 17.2. The maximum atomic E-state index is 12.4. The lowest BCUT2D eigenvalue weighted by atomic mass is 10.1. The molecule has 5 heteroatoms. The van der Waals surface area contributed by atoms with Gasteiger partial charge in [0, 0.05) is 12.1 Å². The third-order valence-electron chi connectivity index (χ3n) is 3.29. The Morgan fingerprint density at radius 2 is 1.79 bits per heavy atom. The predicted octanol–water partition coefficient (Wildman–Crippen LogP) is 4.95. The van der Waals surface area contributed by atoms with E-state index in [9.17, 15) is 13.6 Å². The third-order valence-corrected chi connectivity index (χ3v) is 3.29. The first kappa shape index (κ1) is 17.7. The van der Waals surface area contributed by atoms with Gasteiger partial charge in [-0.2, -0.15) is 0 Å². The topological polar surface area (TPSA) is 38.3 Å². The van der Waals surface area contributed by atoms with Crippen molar-refractivity contribution in [2.45, 2.75) is 19.5 Å². The Bertz CT molecular complexity index is 655. The van der Waals surface area contributed by atoms with E-state index in [0.717, 1.165) is 11.1 Å². The summed E-state index contributed by atoms with van der Waals surface area (Å²) in [4.78, 5) is 11.5. The van der Waals surface area contributed by atoms with E-state index < -0.39 is 12.5 Å². The fraction of sp³-hybridized carbons (Fsp3) is 0.211. The lowest BCUT2D eigenvalue weighted by Gasteiger charge is -2.05. The Hall–Kier alpha value is -2.69. The molecule has 0 radical (unpaired) electrons. The Morgan fingerprint density at radius 1 is 1.08 bits per heavy atom. The molecule has 0 spiro atoms. The van der Waals surface area contributed by atoms with Gasteiger partial charge in [-0.1, -0.05) is 66.7 Å². The number of amides is 1. The van der Waals surface area contributed by atoms with Gasteiger partial charge in [-0.3, -0.25) is 0 Å². The molecule has 0 saturated carbocycles. The van der Waals surface area contributed by atoms with Crippen molar-refractivity contribution in [2.24, 2.45) is 0 Å². The van der Waals surface area contributed by atoms with Crippen molar-refractivity contribution in [2.75, 3.05) is 6.54 Å². The summed E-state index contributed by atoms with van der Waals surface area (Å²) in [6, 6.07) is 15.5. The Kier molecular flexibility index (Phi) is 6.95. The zero-order valence-electron chi connectivity index (χ0n) is 13.1. The Morgan fingerprint density at radius 3 is 2.46 bits per heavy atom. The molecule has 24 heavy (non-hydrogen) atoms. The molecule has 2 aromatic carbocycles. The first-order valence-electron chi connectivity index (χ1n) is 7.64. The summed E-state index contributed by atoms with van der Waals surface area (Å²) in [5.74, 6) is 0. The molecule has 0 aliphatic heterocycles. The van der Waals surface area contributed by atoms with Crippen LogP contribution < -0.4 is 5.32 Å². The van der Waals surface area contributed by atoms with E-state index in [1.165, 1.54) is 12.1 Å². The number of nitrogens with one attached hydrogen (secondary N) is 1. The highest BCUT2D eigenvalue weighted by molar-refractivity contribution is 5.67. The fourth-order valence-corrected chi connectivity index (χ4v) is 2.00. The second-order valence-corrected chi connectivity index (χ2v) is 5.15. The van der Waals surface area contributed by atoms with Gasteiger partial charge in [0.1, 0.15) is 6.61 Å². The third kappa shape index (κ3) is 6.20.